The van der Waals surface area contributed by atoms with Gasteiger partial charge in [-0.15, -0.1) is 0 Å². The summed E-state index contributed by atoms with van der Waals surface area (Å²) >= 11 is 0. The van der Waals surface area contributed by atoms with Gasteiger partial charge in [0.15, 0.2) is 0 Å². The standard InChI is InChI=1S/C6H10B/c7-6-4-2-1-3-5-6/h1,6H,2-5H2/q+1. The van der Waals surface area contributed by atoms with Crippen LogP contribution in [0.2, 0.25) is 5.82 Å². The van der Waals surface area contributed by atoms with Gasteiger partial charge in [0, 0.05) is 0 Å². The van der Waals surface area contributed by atoms with Crippen molar-refractivity contribution in [3.8, 4) is 0 Å². The molecule has 1 heteroatoms. The fourth-order valence-electron chi connectivity index (χ4n) is 0.953. The summed E-state index contributed by atoms with van der Waals surface area (Å²) in [6.07, 6.45) is 7.21. The molecule has 0 aliphatic heterocycles. The highest BCUT2D eigenvalue weighted by molar-refractivity contribution is 6.11. The van der Waals surface area contributed by atoms with Gasteiger partial charge < -0.3 is 0 Å². The van der Waals surface area contributed by atoms with Gasteiger partial charge >= 0.3 is 0 Å². The number of hydrogen-bond acceptors (Lipinski definition) is 0. The van der Waals surface area contributed by atoms with Crippen LogP contribution in [-0.2, 0) is 0 Å². The van der Waals surface area contributed by atoms with Crippen molar-refractivity contribution in [2.75, 3.05) is 0 Å². The Labute approximate surface area is 46.7 Å². The highest BCUT2D eigenvalue weighted by atomic mass is 14.1. The second kappa shape index (κ2) is 2.30. The van der Waals surface area contributed by atoms with Crippen molar-refractivity contribution in [1.82, 2.24) is 0 Å². The molecule has 0 nitrogen and oxygen atoms in total. The molecule has 0 heterocycles. The fraction of sp³-hybridized carbons (Fsp3) is 0.833. The lowest BCUT2D eigenvalue weighted by Crippen LogP contribution is -1.98. The molecule has 1 fully saturated rings. The Morgan fingerprint density at radius 3 is 2.14 bits per heavy atom. The highest BCUT2D eigenvalue weighted by Crippen LogP contribution is 2.24. The van der Waals surface area contributed by atoms with E-state index < -0.39 is 0 Å². The lowest BCUT2D eigenvalue weighted by molar-refractivity contribution is 0.592. The van der Waals surface area contributed by atoms with Crippen molar-refractivity contribution in [3.05, 3.63) is 6.42 Å². The van der Waals surface area contributed by atoms with Crippen molar-refractivity contribution < 1.29 is 0 Å². The van der Waals surface area contributed by atoms with Gasteiger partial charge in [-0.05, 0) is 12.8 Å². The van der Waals surface area contributed by atoms with Crippen molar-refractivity contribution in [2.24, 2.45) is 0 Å². The largest absolute Gasteiger partial charge is 0.0871 e. The zero-order chi connectivity index (χ0) is 5.11. The second-order valence-corrected chi connectivity index (χ2v) is 2.20. The van der Waals surface area contributed by atoms with Gasteiger partial charge in [-0.25, -0.2) is 0 Å². The van der Waals surface area contributed by atoms with Crippen LogP contribution in [0.1, 0.15) is 25.7 Å². The average molecular weight is 93.0 g/mol. The Balaban J connectivity index is 2.12. The summed E-state index contributed by atoms with van der Waals surface area (Å²) in [6.45, 7) is 0. The quantitative estimate of drug-likeness (QED) is 0.316. The summed E-state index contributed by atoms with van der Waals surface area (Å²) in [4.78, 5) is 0. The Morgan fingerprint density at radius 1 is 1.29 bits per heavy atom. The Bertz CT molecular complexity index is 46.1. The van der Waals surface area contributed by atoms with Gasteiger partial charge in [0.1, 0.15) is 0 Å². The molecule has 1 rings (SSSR count). The van der Waals surface area contributed by atoms with Crippen LogP contribution in [0.3, 0.4) is 0 Å². The first-order chi connectivity index (χ1) is 3.39. The van der Waals surface area contributed by atoms with E-state index in [2.05, 4.69) is 6.42 Å². The summed E-state index contributed by atoms with van der Waals surface area (Å²) in [7, 11) is 5.61. The monoisotopic (exact) mass is 93.1 g/mol. The molecule has 0 aromatic rings. The van der Waals surface area contributed by atoms with Gasteiger partial charge in [-0.1, -0.05) is 5.82 Å². The first-order valence-electron chi connectivity index (χ1n) is 2.97. The zero-order valence-corrected chi connectivity index (χ0v) is 4.56. The van der Waals surface area contributed by atoms with Gasteiger partial charge in [0.2, 0.25) is 0 Å². The van der Waals surface area contributed by atoms with E-state index in [1.807, 2.05) is 0 Å². The van der Waals surface area contributed by atoms with Crippen LogP contribution < -0.4 is 0 Å². The molecule has 36 valence electrons. The van der Waals surface area contributed by atoms with Gasteiger partial charge in [0.05, 0.1) is 27.1 Å². The van der Waals surface area contributed by atoms with Crippen molar-refractivity contribution in [2.45, 2.75) is 31.5 Å². The average Bonchev–Trinajstić information content (AvgIpc) is 1.69. The van der Waals surface area contributed by atoms with Crippen LogP contribution in [0, 0.1) is 6.42 Å². The minimum Gasteiger partial charge on any atom is -0.0694 e. The molecule has 0 saturated heterocycles. The SMILES string of the molecule is [B]C1CC[CH+]CC1. The third kappa shape index (κ3) is 1.46. The Kier molecular flexibility index (Phi) is 1.67. The molecule has 0 spiro atoms. The van der Waals surface area contributed by atoms with Gasteiger partial charge in [0.25, 0.3) is 0 Å². The third-order valence-electron chi connectivity index (χ3n) is 1.48. The van der Waals surface area contributed by atoms with Gasteiger partial charge in [-0.3, -0.25) is 0 Å². The normalized spacial score (nSPS) is 24.0. The number of hydrogen-bond donors (Lipinski definition) is 0. The first kappa shape index (κ1) is 5.08. The summed E-state index contributed by atoms with van der Waals surface area (Å²) in [5.74, 6) is 0.505. The van der Waals surface area contributed by atoms with E-state index in [9.17, 15) is 0 Å². The number of rotatable bonds is 0. The Hall–Kier alpha value is -0.0651. The minimum atomic E-state index is 0.505. The van der Waals surface area contributed by atoms with Crippen LogP contribution in [0.5, 0.6) is 0 Å². The molecule has 2 radical (unpaired) electrons. The van der Waals surface area contributed by atoms with Crippen molar-refractivity contribution in [1.29, 1.82) is 0 Å². The molecule has 0 atom stereocenters. The summed E-state index contributed by atoms with van der Waals surface area (Å²) in [6, 6.07) is 0. The molecule has 0 bridgehead atoms. The lowest BCUT2D eigenvalue weighted by atomic mass is 9.76. The van der Waals surface area contributed by atoms with Crippen LogP contribution in [-0.4, -0.2) is 7.85 Å². The van der Waals surface area contributed by atoms with Crippen LogP contribution >= 0.6 is 0 Å². The molecule has 1 aliphatic rings. The van der Waals surface area contributed by atoms with Crippen LogP contribution in [0.15, 0.2) is 0 Å². The molecule has 0 unspecified atom stereocenters. The van der Waals surface area contributed by atoms with Crippen molar-refractivity contribution >= 4 is 7.85 Å². The highest BCUT2D eigenvalue weighted by Gasteiger charge is 2.12. The molecule has 7 heavy (non-hydrogen) atoms. The fourth-order valence-corrected chi connectivity index (χ4v) is 0.953. The predicted molar refractivity (Wildman–Crippen MR) is 32.3 cm³/mol. The molecule has 0 aromatic carbocycles. The lowest BCUT2D eigenvalue weighted by Gasteiger charge is -2.09. The second-order valence-electron chi connectivity index (χ2n) is 2.20. The van der Waals surface area contributed by atoms with E-state index in [-0.39, 0.29) is 0 Å². The van der Waals surface area contributed by atoms with E-state index in [0.717, 1.165) is 0 Å². The summed E-state index contributed by atoms with van der Waals surface area (Å²) < 4.78 is 0. The van der Waals surface area contributed by atoms with E-state index in [4.69, 9.17) is 7.85 Å². The van der Waals surface area contributed by atoms with E-state index in [1.54, 1.807) is 0 Å². The van der Waals surface area contributed by atoms with Crippen molar-refractivity contribution in [3.63, 3.8) is 0 Å². The topological polar surface area (TPSA) is 0 Å². The maximum absolute atomic E-state index is 5.61. The Morgan fingerprint density at radius 2 is 1.86 bits per heavy atom. The molecule has 0 amide bonds. The predicted octanol–water partition coefficient (Wildman–Crippen LogP) is 1.72. The van der Waals surface area contributed by atoms with Crippen LogP contribution in [0.25, 0.3) is 0 Å². The van der Waals surface area contributed by atoms with Gasteiger partial charge in [-0.2, -0.15) is 0 Å². The van der Waals surface area contributed by atoms with E-state index in [0.29, 0.717) is 5.82 Å². The zero-order valence-electron chi connectivity index (χ0n) is 4.56. The molecular weight excluding hydrogens is 82.9 g/mol. The smallest absolute Gasteiger partial charge is 0.0694 e. The van der Waals surface area contributed by atoms with Crippen LogP contribution in [0.4, 0.5) is 0 Å². The molecule has 0 aromatic heterocycles. The summed E-state index contributed by atoms with van der Waals surface area (Å²) in [5, 5.41) is 0. The molecule has 1 aliphatic carbocycles. The maximum Gasteiger partial charge on any atom is 0.0871 e. The summed E-state index contributed by atoms with van der Waals surface area (Å²) in [5.41, 5.74) is 0. The molecule has 0 N–H and O–H groups in total. The first-order valence-corrected chi connectivity index (χ1v) is 2.97. The molecule has 1 saturated carbocycles. The third-order valence-corrected chi connectivity index (χ3v) is 1.48. The maximum atomic E-state index is 5.61. The van der Waals surface area contributed by atoms with E-state index >= 15 is 0 Å². The minimum absolute atomic E-state index is 0.505. The van der Waals surface area contributed by atoms with E-state index in [1.165, 1.54) is 25.7 Å². The molecular formula is C6H10B+.